The predicted octanol–water partition coefficient (Wildman–Crippen LogP) is 4.05. The van der Waals surface area contributed by atoms with E-state index in [-0.39, 0.29) is 22.9 Å². The van der Waals surface area contributed by atoms with Gasteiger partial charge in [0.15, 0.2) is 11.9 Å². The van der Waals surface area contributed by atoms with Crippen molar-refractivity contribution in [1.82, 2.24) is 4.98 Å². The summed E-state index contributed by atoms with van der Waals surface area (Å²) in [5, 5.41) is 14.2. The van der Waals surface area contributed by atoms with Gasteiger partial charge < -0.3 is 14.5 Å². The van der Waals surface area contributed by atoms with E-state index in [4.69, 9.17) is 20.8 Å². The fraction of sp³-hybridized carbons (Fsp3) is 0.0588. The minimum atomic E-state index is -0.525. The number of oxazole rings is 1. The smallest absolute Gasteiger partial charge is 0.273 e. The standard InChI is InChI=1S/C17H12ClN3O5/c1-25-16-7-12(21(23)24)3-4-13(16)19-8-10(9-22)17-20-14-6-11(18)2-5-15(14)26-17/h2-9,19H,1H3/b10-8-. The van der Waals surface area contributed by atoms with Crippen LogP contribution in [0.25, 0.3) is 16.7 Å². The molecule has 132 valence electrons. The molecule has 1 aromatic heterocycles. The van der Waals surface area contributed by atoms with Gasteiger partial charge in [0.05, 0.1) is 29.4 Å². The lowest BCUT2D eigenvalue weighted by atomic mass is 10.2. The Morgan fingerprint density at radius 3 is 2.85 bits per heavy atom. The maximum absolute atomic E-state index is 11.4. The highest BCUT2D eigenvalue weighted by Gasteiger charge is 2.13. The second-order valence-electron chi connectivity index (χ2n) is 5.13. The largest absolute Gasteiger partial charge is 0.494 e. The highest BCUT2D eigenvalue weighted by Crippen LogP contribution is 2.30. The number of hydrogen-bond donors (Lipinski definition) is 1. The Balaban J connectivity index is 1.91. The highest BCUT2D eigenvalue weighted by atomic mass is 35.5. The third-order valence-corrected chi connectivity index (χ3v) is 3.74. The van der Waals surface area contributed by atoms with Crippen LogP contribution in [0.3, 0.4) is 0 Å². The van der Waals surface area contributed by atoms with Crippen molar-refractivity contribution in [3.05, 3.63) is 63.6 Å². The van der Waals surface area contributed by atoms with Crippen molar-refractivity contribution in [3.8, 4) is 5.75 Å². The number of carbonyl (C=O) groups excluding carboxylic acids is 1. The van der Waals surface area contributed by atoms with Gasteiger partial charge in [-0.15, -0.1) is 0 Å². The van der Waals surface area contributed by atoms with Crippen LogP contribution >= 0.6 is 11.6 Å². The maximum Gasteiger partial charge on any atom is 0.273 e. The average Bonchev–Trinajstić information content (AvgIpc) is 3.05. The van der Waals surface area contributed by atoms with E-state index in [2.05, 4.69) is 10.3 Å². The van der Waals surface area contributed by atoms with Gasteiger partial charge in [-0.1, -0.05) is 11.6 Å². The number of fused-ring (bicyclic) bond motifs is 1. The van der Waals surface area contributed by atoms with Crippen LogP contribution in [0.2, 0.25) is 5.02 Å². The van der Waals surface area contributed by atoms with Gasteiger partial charge >= 0.3 is 0 Å². The van der Waals surface area contributed by atoms with Gasteiger partial charge in [0, 0.05) is 17.3 Å². The second-order valence-corrected chi connectivity index (χ2v) is 5.57. The number of carbonyl (C=O) groups is 1. The van der Waals surface area contributed by atoms with Gasteiger partial charge in [-0.05, 0) is 24.3 Å². The lowest BCUT2D eigenvalue weighted by Crippen LogP contribution is -1.97. The summed E-state index contributed by atoms with van der Waals surface area (Å²) in [5.41, 5.74) is 1.50. The van der Waals surface area contributed by atoms with E-state index >= 15 is 0 Å². The van der Waals surface area contributed by atoms with Crippen molar-refractivity contribution in [2.24, 2.45) is 0 Å². The first-order valence-corrected chi connectivity index (χ1v) is 7.70. The molecule has 0 radical (unpaired) electrons. The van der Waals surface area contributed by atoms with E-state index in [0.717, 1.165) is 0 Å². The van der Waals surface area contributed by atoms with E-state index < -0.39 is 4.92 Å². The molecule has 3 rings (SSSR count). The van der Waals surface area contributed by atoms with Crippen LogP contribution in [0, 0.1) is 10.1 Å². The first kappa shape index (κ1) is 17.4. The van der Waals surface area contributed by atoms with E-state index in [9.17, 15) is 14.9 Å². The minimum Gasteiger partial charge on any atom is -0.494 e. The molecule has 0 spiro atoms. The Kier molecular flexibility index (Phi) is 4.85. The molecular weight excluding hydrogens is 362 g/mol. The molecule has 0 atom stereocenters. The van der Waals surface area contributed by atoms with Gasteiger partial charge in [-0.25, -0.2) is 4.98 Å². The Labute approximate surface area is 152 Å². The van der Waals surface area contributed by atoms with E-state index in [0.29, 0.717) is 28.1 Å². The van der Waals surface area contributed by atoms with Crippen molar-refractivity contribution in [3.63, 3.8) is 0 Å². The van der Waals surface area contributed by atoms with Crippen LogP contribution in [-0.2, 0) is 4.79 Å². The average molecular weight is 374 g/mol. The summed E-state index contributed by atoms with van der Waals surface area (Å²) in [7, 11) is 1.39. The molecule has 0 aliphatic carbocycles. The summed E-state index contributed by atoms with van der Waals surface area (Å²) in [4.78, 5) is 25.9. The fourth-order valence-corrected chi connectivity index (χ4v) is 2.40. The molecule has 0 saturated carbocycles. The third-order valence-electron chi connectivity index (χ3n) is 3.50. The number of hydrogen-bond acceptors (Lipinski definition) is 7. The molecule has 1 heterocycles. The number of nitrogens with zero attached hydrogens (tertiary/aromatic N) is 2. The Hall–Kier alpha value is -3.39. The molecule has 0 aliphatic heterocycles. The first-order chi connectivity index (χ1) is 12.5. The summed E-state index contributed by atoms with van der Waals surface area (Å²) in [6, 6.07) is 9.01. The number of halogens is 1. The number of aromatic nitrogens is 1. The molecule has 2 aromatic carbocycles. The second kappa shape index (κ2) is 7.24. The number of non-ortho nitro benzene ring substituents is 1. The number of allylic oxidation sites excluding steroid dienone is 1. The predicted molar refractivity (Wildman–Crippen MR) is 96.3 cm³/mol. The van der Waals surface area contributed by atoms with Crippen LogP contribution in [-0.4, -0.2) is 23.3 Å². The molecule has 0 amide bonds. The molecule has 9 heteroatoms. The van der Waals surface area contributed by atoms with Crippen molar-refractivity contribution >= 4 is 45.9 Å². The summed E-state index contributed by atoms with van der Waals surface area (Å²) in [6.45, 7) is 0. The SMILES string of the molecule is COc1cc([N+](=O)[O-])ccc1N/C=C(/C=O)c1nc2cc(Cl)ccc2o1. The first-order valence-electron chi connectivity index (χ1n) is 7.32. The van der Waals surface area contributed by atoms with Crippen molar-refractivity contribution in [2.45, 2.75) is 0 Å². The molecule has 0 aliphatic rings. The number of rotatable bonds is 6. The molecule has 3 aromatic rings. The summed E-state index contributed by atoms with van der Waals surface area (Å²) in [5.74, 6) is 0.371. The summed E-state index contributed by atoms with van der Waals surface area (Å²) >= 11 is 5.91. The topological polar surface area (TPSA) is 108 Å². The van der Waals surface area contributed by atoms with Crippen LogP contribution in [0.5, 0.6) is 5.75 Å². The van der Waals surface area contributed by atoms with Crippen molar-refractivity contribution in [2.75, 3.05) is 12.4 Å². The van der Waals surface area contributed by atoms with Gasteiger partial charge in [0.2, 0.25) is 5.89 Å². The lowest BCUT2D eigenvalue weighted by molar-refractivity contribution is -0.384. The molecule has 0 fully saturated rings. The zero-order valence-electron chi connectivity index (χ0n) is 13.4. The van der Waals surface area contributed by atoms with Crippen molar-refractivity contribution < 1.29 is 18.9 Å². The molecule has 0 saturated heterocycles. The number of aldehydes is 1. The van der Waals surface area contributed by atoms with Gasteiger partial charge in [0.25, 0.3) is 5.69 Å². The highest BCUT2D eigenvalue weighted by molar-refractivity contribution is 6.31. The van der Waals surface area contributed by atoms with Crippen LogP contribution in [0.4, 0.5) is 11.4 Å². The van der Waals surface area contributed by atoms with E-state index in [1.165, 1.54) is 31.5 Å². The quantitative estimate of drug-likeness (QED) is 0.300. The molecule has 0 bridgehead atoms. The third kappa shape index (κ3) is 3.50. The Morgan fingerprint density at radius 2 is 2.15 bits per heavy atom. The van der Waals surface area contributed by atoms with Gasteiger partial charge in [-0.3, -0.25) is 14.9 Å². The zero-order valence-corrected chi connectivity index (χ0v) is 14.2. The van der Waals surface area contributed by atoms with E-state index in [1.807, 2.05) is 0 Å². The molecule has 1 N–H and O–H groups in total. The lowest BCUT2D eigenvalue weighted by Gasteiger charge is -2.08. The molecule has 26 heavy (non-hydrogen) atoms. The van der Waals surface area contributed by atoms with Crippen LogP contribution in [0.1, 0.15) is 5.89 Å². The number of nitro groups is 1. The van der Waals surface area contributed by atoms with Crippen molar-refractivity contribution in [1.29, 1.82) is 0 Å². The molecule has 8 nitrogen and oxygen atoms in total. The van der Waals surface area contributed by atoms with Gasteiger partial charge in [0.1, 0.15) is 11.3 Å². The van der Waals surface area contributed by atoms with E-state index in [1.54, 1.807) is 18.2 Å². The monoisotopic (exact) mass is 373 g/mol. The number of ether oxygens (including phenoxy) is 1. The minimum absolute atomic E-state index is 0.109. The molecule has 0 unspecified atom stereocenters. The van der Waals surface area contributed by atoms with Gasteiger partial charge in [-0.2, -0.15) is 0 Å². The number of nitrogens with one attached hydrogen (secondary N) is 1. The van der Waals surface area contributed by atoms with Crippen LogP contribution in [0.15, 0.2) is 47.0 Å². The zero-order chi connectivity index (χ0) is 18.7. The Morgan fingerprint density at radius 1 is 1.35 bits per heavy atom. The maximum atomic E-state index is 11.4. The number of anilines is 1. The summed E-state index contributed by atoms with van der Waals surface area (Å²) < 4.78 is 10.7. The number of benzene rings is 2. The number of methoxy groups -OCH3 is 1. The Bertz CT molecular complexity index is 1030. The molecular formula is C17H12ClN3O5. The summed E-state index contributed by atoms with van der Waals surface area (Å²) in [6.07, 6.45) is 1.96. The normalized spacial score (nSPS) is 11.4. The van der Waals surface area contributed by atoms with Crippen LogP contribution < -0.4 is 10.1 Å². The fourth-order valence-electron chi connectivity index (χ4n) is 2.24. The number of nitro benzene ring substituents is 1.